The molecule has 1 saturated heterocycles. The standard InChI is InChI=1S/C13H15BF4O3/c1-11(2)12(3,4)21-14(20-11)8-6-5-7-9(10(8)15)19-13(16,17)18/h5-7H,1-4H3. The number of halogens is 4. The summed E-state index contributed by atoms with van der Waals surface area (Å²) in [5.74, 6) is -2.05. The highest BCUT2D eigenvalue weighted by atomic mass is 19.4. The Bertz CT molecular complexity index is 527. The molecule has 0 bridgehead atoms. The quantitative estimate of drug-likeness (QED) is 0.621. The molecule has 0 unspecified atom stereocenters. The van der Waals surface area contributed by atoms with Crippen molar-refractivity contribution in [2.24, 2.45) is 0 Å². The summed E-state index contributed by atoms with van der Waals surface area (Å²) in [6.45, 7) is 7.06. The van der Waals surface area contributed by atoms with E-state index in [0.717, 1.165) is 6.07 Å². The van der Waals surface area contributed by atoms with Crippen LogP contribution in [0.5, 0.6) is 5.75 Å². The van der Waals surface area contributed by atoms with E-state index in [4.69, 9.17) is 9.31 Å². The molecule has 0 N–H and O–H groups in total. The highest BCUT2D eigenvalue weighted by Crippen LogP contribution is 2.37. The zero-order valence-corrected chi connectivity index (χ0v) is 12.0. The Hall–Kier alpha value is -1.28. The Labute approximate surface area is 120 Å². The second-order valence-corrected chi connectivity index (χ2v) is 5.80. The minimum absolute atomic E-state index is 0.129. The van der Waals surface area contributed by atoms with Crippen LogP contribution in [0.2, 0.25) is 0 Å². The van der Waals surface area contributed by atoms with Gasteiger partial charge in [-0.15, -0.1) is 13.2 Å². The van der Waals surface area contributed by atoms with Gasteiger partial charge in [-0.05, 0) is 33.8 Å². The molecular formula is C13H15BF4O3. The number of rotatable bonds is 2. The SMILES string of the molecule is CC1(C)OB(c2cccc(OC(F)(F)F)c2F)OC1(C)C. The third kappa shape index (κ3) is 3.16. The van der Waals surface area contributed by atoms with Crippen molar-refractivity contribution in [1.82, 2.24) is 0 Å². The van der Waals surface area contributed by atoms with Crippen LogP contribution >= 0.6 is 0 Å². The Morgan fingerprint density at radius 2 is 1.57 bits per heavy atom. The van der Waals surface area contributed by atoms with Gasteiger partial charge in [-0.3, -0.25) is 0 Å². The van der Waals surface area contributed by atoms with Gasteiger partial charge in [0.05, 0.1) is 11.2 Å². The van der Waals surface area contributed by atoms with Gasteiger partial charge < -0.3 is 14.0 Å². The number of benzene rings is 1. The molecule has 1 aromatic rings. The lowest BCUT2D eigenvalue weighted by Crippen LogP contribution is -2.41. The van der Waals surface area contributed by atoms with E-state index in [9.17, 15) is 17.6 Å². The molecule has 1 fully saturated rings. The molecule has 116 valence electrons. The summed E-state index contributed by atoms with van der Waals surface area (Å²) in [7, 11) is -1.09. The van der Waals surface area contributed by atoms with Crippen LogP contribution in [0.1, 0.15) is 27.7 Å². The number of hydrogen-bond acceptors (Lipinski definition) is 3. The van der Waals surface area contributed by atoms with E-state index in [0.29, 0.717) is 0 Å². The summed E-state index contributed by atoms with van der Waals surface area (Å²) in [4.78, 5) is 0. The van der Waals surface area contributed by atoms with Crippen LogP contribution in [-0.4, -0.2) is 24.7 Å². The van der Waals surface area contributed by atoms with Crippen LogP contribution in [-0.2, 0) is 9.31 Å². The summed E-state index contributed by atoms with van der Waals surface area (Å²) >= 11 is 0. The first-order valence-electron chi connectivity index (χ1n) is 6.33. The monoisotopic (exact) mass is 306 g/mol. The highest BCUT2D eigenvalue weighted by molar-refractivity contribution is 6.62. The molecule has 0 saturated carbocycles. The highest BCUT2D eigenvalue weighted by Gasteiger charge is 2.52. The maximum absolute atomic E-state index is 14.2. The Balaban J connectivity index is 2.33. The molecule has 1 heterocycles. The van der Waals surface area contributed by atoms with Crippen LogP contribution in [0, 0.1) is 5.82 Å². The van der Waals surface area contributed by atoms with Crippen LogP contribution in [0.15, 0.2) is 18.2 Å². The van der Waals surface area contributed by atoms with E-state index in [1.807, 2.05) is 0 Å². The van der Waals surface area contributed by atoms with Gasteiger partial charge in [-0.25, -0.2) is 4.39 Å². The predicted molar refractivity (Wildman–Crippen MR) is 68.8 cm³/mol. The molecule has 0 aromatic heterocycles. The summed E-state index contributed by atoms with van der Waals surface area (Å²) in [5, 5.41) is 0. The van der Waals surface area contributed by atoms with Crippen molar-refractivity contribution in [3.8, 4) is 5.75 Å². The topological polar surface area (TPSA) is 27.7 Å². The number of alkyl halides is 3. The first-order chi connectivity index (χ1) is 9.43. The van der Waals surface area contributed by atoms with E-state index < -0.39 is 36.2 Å². The van der Waals surface area contributed by atoms with Gasteiger partial charge in [-0.2, -0.15) is 0 Å². The fourth-order valence-electron chi connectivity index (χ4n) is 1.88. The Morgan fingerprint density at radius 1 is 1.05 bits per heavy atom. The first-order valence-corrected chi connectivity index (χ1v) is 6.33. The maximum atomic E-state index is 14.2. The minimum atomic E-state index is -4.96. The molecule has 1 aliphatic rings. The van der Waals surface area contributed by atoms with Gasteiger partial charge in [0.25, 0.3) is 0 Å². The lowest BCUT2D eigenvalue weighted by Gasteiger charge is -2.32. The lowest BCUT2D eigenvalue weighted by atomic mass is 9.78. The molecule has 8 heteroatoms. The van der Waals surface area contributed by atoms with E-state index in [1.165, 1.54) is 12.1 Å². The summed E-state index contributed by atoms with van der Waals surface area (Å²) < 4.78 is 65.7. The van der Waals surface area contributed by atoms with Crippen molar-refractivity contribution in [2.45, 2.75) is 45.3 Å². The third-order valence-electron chi connectivity index (χ3n) is 3.73. The van der Waals surface area contributed by atoms with Crippen LogP contribution in [0.4, 0.5) is 17.6 Å². The van der Waals surface area contributed by atoms with Crippen molar-refractivity contribution in [1.29, 1.82) is 0 Å². The van der Waals surface area contributed by atoms with Gasteiger partial charge in [-0.1, -0.05) is 12.1 Å². The zero-order chi connectivity index (χ0) is 16.1. The summed E-state index contributed by atoms with van der Waals surface area (Å²) in [6.07, 6.45) is -4.96. The average Bonchev–Trinajstić information content (AvgIpc) is 2.49. The summed E-state index contributed by atoms with van der Waals surface area (Å²) in [5.41, 5.74) is -1.56. The molecular weight excluding hydrogens is 291 g/mol. The van der Waals surface area contributed by atoms with Crippen molar-refractivity contribution in [2.75, 3.05) is 0 Å². The fourth-order valence-corrected chi connectivity index (χ4v) is 1.88. The molecule has 0 amide bonds. The second-order valence-electron chi connectivity index (χ2n) is 5.80. The molecule has 1 aliphatic heterocycles. The molecule has 0 radical (unpaired) electrons. The van der Waals surface area contributed by atoms with Gasteiger partial charge in [0.1, 0.15) is 0 Å². The van der Waals surface area contributed by atoms with Crippen molar-refractivity contribution < 1.29 is 31.6 Å². The fraction of sp³-hybridized carbons (Fsp3) is 0.538. The maximum Gasteiger partial charge on any atom is 0.573 e. The predicted octanol–water partition coefficient (Wildman–Crippen LogP) is 3.02. The molecule has 2 rings (SSSR count). The van der Waals surface area contributed by atoms with Crippen LogP contribution in [0.3, 0.4) is 0 Å². The van der Waals surface area contributed by atoms with Gasteiger partial charge in [0.15, 0.2) is 11.6 Å². The second kappa shape index (κ2) is 4.88. The van der Waals surface area contributed by atoms with Crippen molar-refractivity contribution >= 4 is 12.6 Å². The molecule has 0 atom stereocenters. The third-order valence-corrected chi connectivity index (χ3v) is 3.73. The average molecular weight is 306 g/mol. The smallest absolute Gasteiger partial charge is 0.403 e. The Morgan fingerprint density at radius 3 is 2.05 bits per heavy atom. The van der Waals surface area contributed by atoms with Crippen LogP contribution < -0.4 is 10.2 Å². The Kier molecular flexibility index (Phi) is 3.74. The van der Waals surface area contributed by atoms with E-state index >= 15 is 0 Å². The molecule has 0 aliphatic carbocycles. The van der Waals surface area contributed by atoms with E-state index in [2.05, 4.69) is 4.74 Å². The normalized spacial score (nSPS) is 20.7. The van der Waals surface area contributed by atoms with Crippen LogP contribution in [0.25, 0.3) is 0 Å². The number of ether oxygens (including phenoxy) is 1. The molecule has 21 heavy (non-hydrogen) atoms. The minimum Gasteiger partial charge on any atom is -0.403 e. The molecule has 1 aromatic carbocycles. The van der Waals surface area contributed by atoms with Crippen molar-refractivity contribution in [3.63, 3.8) is 0 Å². The van der Waals surface area contributed by atoms with Crippen molar-refractivity contribution in [3.05, 3.63) is 24.0 Å². The van der Waals surface area contributed by atoms with Gasteiger partial charge >= 0.3 is 13.5 Å². The van der Waals surface area contributed by atoms with Gasteiger partial charge in [0.2, 0.25) is 0 Å². The zero-order valence-electron chi connectivity index (χ0n) is 12.0. The lowest BCUT2D eigenvalue weighted by molar-refractivity contribution is -0.275. The summed E-state index contributed by atoms with van der Waals surface area (Å²) in [6, 6.07) is 3.46. The van der Waals surface area contributed by atoms with Gasteiger partial charge in [0, 0.05) is 5.46 Å². The number of hydrogen-bond donors (Lipinski definition) is 0. The molecule has 3 nitrogen and oxygen atoms in total. The first kappa shape index (κ1) is 16.1. The largest absolute Gasteiger partial charge is 0.573 e. The molecule has 0 spiro atoms. The van der Waals surface area contributed by atoms with E-state index in [1.54, 1.807) is 27.7 Å². The van der Waals surface area contributed by atoms with E-state index in [-0.39, 0.29) is 5.46 Å².